The first-order valence-electron chi connectivity index (χ1n) is 8.16. The van der Waals surface area contributed by atoms with E-state index in [1.54, 1.807) is 24.3 Å². The number of hydrogen-bond acceptors (Lipinski definition) is 1. The first-order valence-corrected chi connectivity index (χ1v) is 9.33. The van der Waals surface area contributed by atoms with E-state index in [0.717, 1.165) is 21.4 Å². The Kier molecular flexibility index (Phi) is 4.62. The third-order valence-corrected chi connectivity index (χ3v) is 5.08. The molecular formula is C21H15BrClN2O+. The van der Waals surface area contributed by atoms with Crippen molar-refractivity contribution in [3.8, 4) is 11.3 Å². The highest BCUT2D eigenvalue weighted by molar-refractivity contribution is 9.10. The van der Waals surface area contributed by atoms with Gasteiger partial charge >= 0.3 is 0 Å². The van der Waals surface area contributed by atoms with E-state index in [0.29, 0.717) is 10.6 Å². The summed E-state index contributed by atoms with van der Waals surface area (Å²) < 4.78 is 5.10. The van der Waals surface area contributed by atoms with Gasteiger partial charge in [0.25, 0.3) is 5.65 Å². The van der Waals surface area contributed by atoms with Crippen LogP contribution in [0.2, 0.25) is 5.02 Å². The van der Waals surface area contributed by atoms with Crippen LogP contribution in [0, 0.1) is 0 Å². The van der Waals surface area contributed by atoms with Crippen molar-refractivity contribution in [2.24, 2.45) is 0 Å². The van der Waals surface area contributed by atoms with Gasteiger partial charge in [-0.25, -0.2) is 8.97 Å². The number of ketones is 1. The van der Waals surface area contributed by atoms with Gasteiger partial charge in [0.05, 0.1) is 6.20 Å². The Morgan fingerprint density at radius 1 is 1.00 bits per heavy atom. The lowest BCUT2D eigenvalue weighted by Crippen LogP contribution is -2.19. The maximum Gasteiger partial charge on any atom is 0.287 e. The number of rotatable bonds is 4. The van der Waals surface area contributed by atoms with E-state index in [2.05, 4.69) is 15.9 Å². The normalized spacial score (nSPS) is 11.0. The SMILES string of the molecule is O=C(Cn1c(-c2ccc(Br)cc2)c[n+]2ccccc12)c1ccc(Cl)cc1. The van der Waals surface area contributed by atoms with E-state index in [9.17, 15) is 4.79 Å². The van der Waals surface area contributed by atoms with Gasteiger partial charge in [-0.3, -0.25) is 4.79 Å². The average molecular weight is 427 g/mol. The molecule has 0 N–H and O–H groups in total. The number of carbonyl (C=O) groups is 1. The molecule has 2 aromatic heterocycles. The minimum absolute atomic E-state index is 0.0435. The van der Waals surface area contributed by atoms with E-state index in [4.69, 9.17) is 11.6 Å². The molecule has 5 heteroatoms. The van der Waals surface area contributed by atoms with Gasteiger partial charge < -0.3 is 0 Å². The highest BCUT2D eigenvalue weighted by atomic mass is 79.9. The summed E-state index contributed by atoms with van der Waals surface area (Å²) in [4.78, 5) is 12.8. The molecule has 2 aromatic carbocycles. The second kappa shape index (κ2) is 7.06. The Balaban J connectivity index is 1.79. The van der Waals surface area contributed by atoms with Crippen LogP contribution < -0.4 is 4.40 Å². The zero-order valence-corrected chi connectivity index (χ0v) is 16.1. The standard InChI is InChI=1S/C21H15BrClN2O/c22-17-8-4-15(5-9-17)19-13-24-12-2-1-3-21(24)25(19)14-20(26)16-6-10-18(23)11-7-16/h1-13H,14H2/q+1. The number of pyridine rings is 1. The predicted octanol–water partition coefficient (Wildman–Crippen LogP) is 5.19. The lowest BCUT2D eigenvalue weighted by Gasteiger charge is -2.04. The van der Waals surface area contributed by atoms with Gasteiger partial charge in [-0.05, 0) is 54.6 Å². The first kappa shape index (κ1) is 17.0. The Hall–Kier alpha value is -2.43. The zero-order valence-electron chi connectivity index (χ0n) is 13.8. The lowest BCUT2D eigenvalue weighted by molar-refractivity contribution is -0.510. The van der Waals surface area contributed by atoms with Crippen molar-refractivity contribution < 1.29 is 9.20 Å². The van der Waals surface area contributed by atoms with E-state index in [1.807, 2.05) is 63.8 Å². The van der Waals surface area contributed by atoms with Crippen molar-refractivity contribution in [3.05, 3.63) is 94.2 Å². The van der Waals surface area contributed by atoms with E-state index in [1.165, 1.54) is 0 Å². The topological polar surface area (TPSA) is 26.1 Å². The lowest BCUT2D eigenvalue weighted by atomic mass is 10.1. The Morgan fingerprint density at radius 2 is 1.73 bits per heavy atom. The number of aromatic nitrogens is 2. The summed E-state index contributed by atoms with van der Waals surface area (Å²) in [6.07, 6.45) is 4.04. The molecule has 0 saturated carbocycles. The highest BCUT2D eigenvalue weighted by Gasteiger charge is 2.21. The van der Waals surface area contributed by atoms with Crippen molar-refractivity contribution >= 4 is 39.0 Å². The molecule has 0 bridgehead atoms. The Bertz CT molecular complexity index is 1090. The summed E-state index contributed by atoms with van der Waals surface area (Å²) >= 11 is 9.40. The second-order valence-electron chi connectivity index (χ2n) is 6.00. The number of fused-ring (bicyclic) bond motifs is 1. The maximum absolute atomic E-state index is 12.8. The molecule has 0 fully saturated rings. The molecule has 0 saturated heterocycles. The van der Waals surface area contributed by atoms with Crippen LogP contribution in [0.1, 0.15) is 10.4 Å². The summed E-state index contributed by atoms with van der Waals surface area (Å²) in [7, 11) is 0. The molecule has 0 aliphatic rings. The van der Waals surface area contributed by atoms with Crippen molar-refractivity contribution in [2.45, 2.75) is 6.54 Å². The number of halogens is 2. The van der Waals surface area contributed by atoms with Gasteiger partial charge in [-0.1, -0.05) is 33.6 Å². The molecule has 0 spiro atoms. The number of Topliss-reactive ketones (excluding diaryl/α,β-unsaturated/α-hetero) is 1. The van der Waals surface area contributed by atoms with Crippen molar-refractivity contribution in [2.75, 3.05) is 0 Å². The minimum Gasteiger partial charge on any atom is -0.290 e. The van der Waals surface area contributed by atoms with Gasteiger partial charge in [-0.2, -0.15) is 0 Å². The predicted molar refractivity (Wildman–Crippen MR) is 107 cm³/mol. The van der Waals surface area contributed by atoms with Crippen LogP contribution in [0.5, 0.6) is 0 Å². The summed E-state index contributed by atoms with van der Waals surface area (Å²) in [5.74, 6) is 0.0435. The van der Waals surface area contributed by atoms with E-state index < -0.39 is 0 Å². The molecule has 0 aliphatic heterocycles. The molecule has 26 heavy (non-hydrogen) atoms. The van der Waals surface area contributed by atoms with Crippen LogP contribution >= 0.6 is 27.5 Å². The smallest absolute Gasteiger partial charge is 0.287 e. The van der Waals surface area contributed by atoms with Gasteiger partial charge in [-0.15, -0.1) is 0 Å². The van der Waals surface area contributed by atoms with Crippen molar-refractivity contribution in [3.63, 3.8) is 0 Å². The van der Waals surface area contributed by atoms with Gasteiger partial charge in [0, 0.05) is 26.7 Å². The maximum atomic E-state index is 12.8. The summed E-state index contributed by atoms with van der Waals surface area (Å²) in [5, 5.41) is 0.624. The van der Waals surface area contributed by atoms with Crippen LogP contribution in [0.15, 0.2) is 83.6 Å². The minimum atomic E-state index is 0.0435. The molecule has 128 valence electrons. The number of hydrogen-bond donors (Lipinski definition) is 0. The molecule has 0 aliphatic carbocycles. The molecule has 4 rings (SSSR count). The van der Waals surface area contributed by atoms with E-state index >= 15 is 0 Å². The fraction of sp³-hybridized carbons (Fsp3) is 0.0476. The molecular weight excluding hydrogens is 412 g/mol. The zero-order chi connectivity index (χ0) is 18.1. The molecule has 0 amide bonds. The average Bonchev–Trinajstić information content (AvgIpc) is 3.01. The number of nitrogens with zero attached hydrogens (tertiary/aromatic N) is 2. The molecule has 0 radical (unpaired) electrons. The summed E-state index contributed by atoms with van der Waals surface area (Å²) in [6, 6.07) is 21.1. The van der Waals surface area contributed by atoms with Crippen LogP contribution in [0.3, 0.4) is 0 Å². The molecule has 0 unspecified atom stereocenters. The third kappa shape index (κ3) is 3.30. The first-order chi connectivity index (χ1) is 12.6. The highest BCUT2D eigenvalue weighted by Crippen LogP contribution is 2.23. The van der Waals surface area contributed by atoms with Crippen LogP contribution in [0.4, 0.5) is 0 Å². The number of imidazole rings is 1. The fourth-order valence-corrected chi connectivity index (χ4v) is 3.39. The number of benzene rings is 2. The molecule has 0 atom stereocenters. The van der Waals surface area contributed by atoms with Gasteiger partial charge in [0.2, 0.25) is 5.78 Å². The third-order valence-electron chi connectivity index (χ3n) is 4.30. The fourth-order valence-electron chi connectivity index (χ4n) is 3.00. The van der Waals surface area contributed by atoms with Crippen LogP contribution in [0.25, 0.3) is 16.9 Å². The van der Waals surface area contributed by atoms with Crippen LogP contribution in [-0.4, -0.2) is 10.4 Å². The second-order valence-corrected chi connectivity index (χ2v) is 7.36. The Morgan fingerprint density at radius 3 is 2.46 bits per heavy atom. The van der Waals surface area contributed by atoms with Crippen LogP contribution in [-0.2, 0) is 6.54 Å². The summed E-state index contributed by atoms with van der Waals surface area (Å²) in [5.41, 5.74) is 3.67. The summed E-state index contributed by atoms with van der Waals surface area (Å²) in [6.45, 7) is 0.257. The van der Waals surface area contributed by atoms with Crippen molar-refractivity contribution in [1.82, 2.24) is 4.57 Å². The molecule has 4 aromatic rings. The van der Waals surface area contributed by atoms with Gasteiger partial charge in [0.15, 0.2) is 12.2 Å². The Labute approximate surface area is 164 Å². The largest absolute Gasteiger partial charge is 0.290 e. The molecule has 3 nitrogen and oxygen atoms in total. The van der Waals surface area contributed by atoms with Gasteiger partial charge in [0.1, 0.15) is 6.20 Å². The number of carbonyl (C=O) groups excluding carboxylic acids is 1. The van der Waals surface area contributed by atoms with E-state index in [-0.39, 0.29) is 12.3 Å². The quantitative estimate of drug-likeness (QED) is 0.326. The monoisotopic (exact) mass is 425 g/mol. The van der Waals surface area contributed by atoms with Crippen molar-refractivity contribution in [1.29, 1.82) is 0 Å². The molecule has 2 heterocycles.